The van der Waals surface area contributed by atoms with Gasteiger partial charge in [-0.2, -0.15) is 0 Å². The molecule has 1 aromatic rings. The van der Waals surface area contributed by atoms with Gasteiger partial charge in [-0.3, -0.25) is 14.4 Å². The number of hydrogen-bond donors (Lipinski definition) is 3. The van der Waals surface area contributed by atoms with Crippen LogP contribution in [0.3, 0.4) is 0 Å². The molecule has 0 spiro atoms. The topological polar surface area (TPSA) is 105 Å². The summed E-state index contributed by atoms with van der Waals surface area (Å²) in [6, 6.07) is 5.00. The lowest BCUT2D eigenvalue weighted by Gasteiger charge is -2.25. The number of carboxylic acids is 1. The standard InChI is InChI=1S/C17H22N2O5/c1-10(20)18-13-7-8-15(24-2)14(9-13)19-16(21)11-3-5-12(6-4-11)17(22)23/h7-9,11-12H,3-6H2,1-2H3,(H,18,20)(H,19,21)(H,22,23). The number of carbonyl (C=O) groups is 3. The number of ether oxygens (including phenoxy) is 1. The Hall–Kier alpha value is -2.57. The molecule has 7 heteroatoms. The summed E-state index contributed by atoms with van der Waals surface area (Å²) in [6.45, 7) is 1.41. The van der Waals surface area contributed by atoms with Gasteiger partial charge in [0.2, 0.25) is 11.8 Å². The first-order chi connectivity index (χ1) is 11.4. The quantitative estimate of drug-likeness (QED) is 0.767. The van der Waals surface area contributed by atoms with Crippen LogP contribution in [0.2, 0.25) is 0 Å². The summed E-state index contributed by atoms with van der Waals surface area (Å²) in [4.78, 5) is 34.6. The maximum absolute atomic E-state index is 12.4. The van der Waals surface area contributed by atoms with Gasteiger partial charge in [0.25, 0.3) is 0 Å². The Morgan fingerprint density at radius 3 is 2.25 bits per heavy atom. The lowest BCUT2D eigenvalue weighted by Crippen LogP contribution is -2.29. The van der Waals surface area contributed by atoms with Crippen molar-refractivity contribution >= 4 is 29.2 Å². The van der Waals surface area contributed by atoms with Gasteiger partial charge < -0.3 is 20.5 Å². The average molecular weight is 334 g/mol. The SMILES string of the molecule is COc1ccc(NC(C)=O)cc1NC(=O)C1CCC(C(=O)O)CC1. The number of nitrogens with one attached hydrogen (secondary N) is 2. The first kappa shape index (κ1) is 17.8. The van der Waals surface area contributed by atoms with E-state index in [2.05, 4.69) is 10.6 Å². The zero-order valence-electron chi connectivity index (χ0n) is 13.8. The maximum atomic E-state index is 12.4. The molecule has 24 heavy (non-hydrogen) atoms. The number of aliphatic carboxylic acids is 1. The van der Waals surface area contributed by atoms with E-state index in [0.29, 0.717) is 42.8 Å². The van der Waals surface area contributed by atoms with Crippen LogP contribution >= 0.6 is 0 Å². The van der Waals surface area contributed by atoms with Crippen LogP contribution in [0.5, 0.6) is 5.75 Å². The Bertz CT molecular complexity index is 636. The molecule has 1 aromatic carbocycles. The first-order valence-corrected chi connectivity index (χ1v) is 7.90. The molecule has 7 nitrogen and oxygen atoms in total. The van der Waals surface area contributed by atoms with E-state index < -0.39 is 5.97 Å². The predicted molar refractivity (Wildman–Crippen MR) is 89.0 cm³/mol. The van der Waals surface area contributed by atoms with E-state index in [1.807, 2.05) is 0 Å². The van der Waals surface area contributed by atoms with Crippen LogP contribution in [0.25, 0.3) is 0 Å². The Morgan fingerprint density at radius 1 is 1.08 bits per heavy atom. The fraction of sp³-hybridized carbons (Fsp3) is 0.471. The highest BCUT2D eigenvalue weighted by Crippen LogP contribution is 2.32. The molecule has 130 valence electrons. The van der Waals surface area contributed by atoms with Crippen molar-refractivity contribution in [2.24, 2.45) is 11.8 Å². The molecule has 2 rings (SSSR count). The number of anilines is 2. The van der Waals surface area contributed by atoms with Crippen LogP contribution in [0, 0.1) is 11.8 Å². The Balaban J connectivity index is 2.05. The van der Waals surface area contributed by atoms with E-state index in [0.717, 1.165) is 0 Å². The van der Waals surface area contributed by atoms with Gasteiger partial charge in [0.15, 0.2) is 0 Å². The second-order valence-electron chi connectivity index (χ2n) is 5.97. The van der Waals surface area contributed by atoms with Gasteiger partial charge in [0, 0.05) is 18.5 Å². The van der Waals surface area contributed by atoms with Crippen LogP contribution in [-0.4, -0.2) is 30.0 Å². The number of hydrogen-bond acceptors (Lipinski definition) is 4. The smallest absolute Gasteiger partial charge is 0.306 e. The lowest BCUT2D eigenvalue weighted by atomic mass is 9.81. The van der Waals surface area contributed by atoms with Crippen molar-refractivity contribution in [2.75, 3.05) is 17.7 Å². The highest BCUT2D eigenvalue weighted by atomic mass is 16.5. The molecule has 0 bridgehead atoms. The van der Waals surface area contributed by atoms with Gasteiger partial charge in [0.1, 0.15) is 5.75 Å². The lowest BCUT2D eigenvalue weighted by molar-refractivity contribution is -0.143. The third-order valence-electron chi connectivity index (χ3n) is 4.22. The van der Waals surface area contributed by atoms with E-state index >= 15 is 0 Å². The minimum atomic E-state index is -0.793. The van der Waals surface area contributed by atoms with Crippen LogP contribution in [-0.2, 0) is 14.4 Å². The largest absolute Gasteiger partial charge is 0.495 e. The minimum absolute atomic E-state index is 0.155. The molecule has 0 atom stereocenters. The molecule has 1 fully saturated rings. The molecule has 0 radical (unpaired) electrons. The fourth-order valence-corrected chi connectivity index (χ4v) is 2.92. The van der Waals surface area contributed by atoms with Crippen molar-refractivity contribution in [1.82, 2.24) is 0 Å². The third-order valence-corrected chi connectivity index (χ3v) is 4.22. The number of rotatable bonds is 5. The number of carbonyl (C=O) groups excluding carboxylic acids is 2. The fourth-order valence-electron chi connectivity index (χ4n) is 2.92. The summed E-state index contributed by atoms with van der Waals surface area (Å²) >= 11 is 0. The van der Waals surface area contributed by atoms with Gasteiger partial charge in [-0.25, -0.2) is 0 Å². The monoisotopic (exact) mass is 334 g/mol. The van der Waals surface area contributed by atoms with Crippen molar-refractivity contribution in [1.29, 1.82) is 0 Å². The molecular weight excluding hydrogens is 312 g/mol. The van der Waals surface area contributed by atoms with Crippen molar-refractivity contribution in [3.8, 4) is 5.75 Å². The highest BCUT2D eigenvalue weighted by molar-refractivity contribution is 5.96. The van der Waals surface area contributed by atoms with E-state index in [4.69, 9.17) is 9.84 Å². The van der Waals surface area contributed by atoms with E-state index in [-0.39, 0.29) is 23.7 Å². The van der Waals surface area contributed by atoms with Crippen LogP contribution in [0.4, 0.5) is 11.4 Å². The normalized spacial score (nSPS) is 20.1. The number of amides is 2. The summed E-state index contributed by atoms with van der Waals surface area (Å²) in [5, 5.41) is 14.5. The Kier molecular flexibility index (Phi) is 5.78. The van der Waals surface area contributed by atoms with E-state index in [1.165, 1.54) is 14.0 Å². The molecule has 1 saturated carbocycles. The van der Waals surface area contributed by atoms with Gasteiger partial charge in [-0.05, 0) is 43.9 Å². The summed E-state index contributed by atoms with van der Waals surface area (Å²) in [7, 11) is 1.50. The van der Waals surface area contributed by atoms with Crippen LogP contribution in [0.15, 0.2) is 18.2 Å². The molecule has 0 aliphatic heterocycles. The summed E-state index contributed by atoms with van der Waals surface area (Å²) < 4.78 is 5.24. The zero-order chi connectivity index (χ0) is 17.7. The van der Waals surface area contributed by atoms with Gasteiger partial charge >= 0.3 is 5.97 Å². The molecule has 0 unspecified atom stereocenters. The molecule has 3 N–H and O–H groups in total. The minimum Gasteiger partial charge on any atom is -0.495 e. The molecule has 1 aliphatic rings. The first-order valence-electron chi connectivity index (χ1n) is 7.90. The molecule has 0 saturated heterocycles. The molecule has 2 amide bonds. The van der Waals surface area contributed by atoms with Gasteiger partial charge in [-0.1, -0.05) is 0 Å². The molecular formula is C17H22N2O5. The zero-order valence-corrected chi connectivity index (χ0v) is 13.8. The third kappa shape index (κ3) is 4.47. The summed E-state index contributed by atoms with van der Waals surface area (Å²) in [6.07, 6.45) is 2.12. The van der Waals surface area contributed by atoms with Crippen molar-refractivity contribution in [3.05, 3.63) is 18.2 Å². The highest BCUT2D eigenvalue weighted by Gasteiger charge is 2.30. The van der Waals surface area contributed by atoms with Gasteiger partial charge in [0.05, 0.1) is 18.7 Å². The molecule has 1 aliphatic carbocycles. The molecule has 0 aromatic heterocycles. The van der Waals surface area contributed by atoms with E-state index in [1.54, 1.807) is 18.2 Å². The van der Waals surface area contributed by atoms with Crippen molar-refractivity contribution in [3.63, 3.8) is 0 Å². The van der Waals surface area contributed by atoms with Crippen molar-refractivity contribution in [2.45, 2.75) is 32.6 Å². The average Bonchev–Trinajstić information content (AvgIpc) is 2.54. The predicted octanol–water partition coefficient (Wildman–Crippen LogP) is 2.48. The Morgan fingerprint density at radius 2 is 1.71 bits per heavy atom. The Labute approximate surface area is 140 Å². The number of benzene rings is 1. The second-order valence-corrected chi connectivity index (χ2v) is 5.97. The van der Waals surface area contributed by atoms with Crippen molar-refractivity contribution < 1.29 is 24.2 Å². The number of carboxylic acid groups (broad SMARTS) is 1. The number of methoxy groups -OCH3 is 1. The maximum Gasteiger partial charge on any atom is 0.306 e. The van der Waals surface area contributed by atoms with E-state index in [9.17, 15) is 14.4 Å². The van der Waals surface area contributed by atoms with Gasteiger partial charge in [-0.15, -0.1) is 0 Å². The van der Waals surface area contributed by atoms with Crippen LogP contribution in [0.1, 0.15) is 32.6 Å². The van der Waals surface area contributed by atoms with Crippen LogP contribution < -0.4 is 15.4 Å². The second kappa shape index (κ2) is 7.81. The molecule has 0 heterocycles. The summed E-state index contributed by atoms with van der Waals surface area (Å²) in [5.41, 5.74) is 1.04. The summed E-state index contributed by atoms with van der Waals surface area (Å²) in [5.74, 6) is -1.22.